The van der Waals surface area contributed by atoms with E-state index in [9.17, 15) is 0 Å². The third-order valence-electron chi connectivity index (χ3n) is 2.69. The molecule has 0 amide bonds. The summed E-state index contributed by atoms with van der Waals surface area (Å²) in [5.74, 6) is 0.454. The summed E-state index contributed by atoms with van der Waals surface area (Å²) in [5, 5.41) is 1.95. The summed E-state index contributed by atoms with van der Waals surface area (Å²) in [6, 6.07) is 5.96. The Balaban J connectivity index is 2.80. The zero-order valence-electron chi connectivity index (χ0n) is 8.97. The number of H-pyrrole nitrogens is 1. The lowest BCUT2D eigenvalue weighted by molar-refractivity contribution is 0.841. The first-order valence-corrected chi connectivity index (χ1v) is 5.52. The van der Waals surface area contributed by atoms with Crippen molar-refractivity contribution in [2.75, 3.05) is 0 Å². The lowest BCUT2D eigenvalue weighted by Gasteiger charge is -2.06. The second-order valence-electron chi connectivity index (χ2n) is 4.04. The van der Waals surface area contributed by atoms with E-state index < -0.39 is 0 Å². The van der Waals surface area contributed by atoms with Crippen LogP contribution in [0.1, 0.15) is 31.0 Å². The van der Waals surface area contributed by atoms with Gasteiger partial charge >= 0.3 is 0 Å². The van der Waals surface area contributed by atoms with Crippen LogP contribution in [0.2, 0.25) is 5.02 Å². The lowest BCUT2D eigenvalue weighted by Crippen LogP contribution is -2.01. The maximum absolute atomic E-state index is 6.13. The van der Waals surface area contributed by atoms with Gasteiger partial charge in [0.1, 0.15) is 0 Å². The van der Waals surface area contributed by atoms with Crippen LogP contribution in [0.4, 0.5) is 0 Å². The van der Waals surface area contributed by atoms with Crippen molar-refractivity contribution in [3.8, 4) is 0 Å². The Kier molecular flexibility index (Phi) is 2.72. The average Bonchev–Trinajstić information content (AvgIpc) is 2.57. The molecule has 0 saturated carbocycles. The highest BCUT2D eigenvalue weighted by atomic mass is 35.5. The van der Waals surface area contributed by atoms with E-state index in [1.165, 1.54) is 10.9 Å². The number of halogens is 1. The Morgan fingerprint density at radius 1 is 1.40 bits per heavy atom. The molecule has 2 nitrogen and oxygen atoms in total. The van der Waals surface area contributed by atoms with Crippen molar-refractivity contribution in [3.63, 3.8) is 0 Å². The summed E-state index contributed by atoms with van der Waals surface area (Å²) in [6.07, 6.45) is 0. The largest absolute Gasteiger partial charge is 0.356 e. The van der Waals surface area contributed by atoms with E-state index in [1.807, 2.05) is 12.1 Å². The minimum absolute atomic E-state index is 0.454. The molecule has 2 aromatic rings. The Morgan fingerprint density at radius 3 is 2.73 bits per heavy atom. The molecule has 3 heteroatoms. The third kappa shape index (κ3) is 1.64. The first-order valence-electron chi connectivity index (χ1n) is 5.14. The number of fused-ring (bicyclic) bond motifs is 1. The average molecular weight is 223 g/mol. The highest BCUT2D eigenvalue weighted by molar-refractivity contribution is 6.35. The fourth-order valence-electron chi connectivity index (χ4n) is 2.08. The Morgan fingerprint density at radius 2 is 2.13 bits per heavy atom. The van der Waals surface area contributed by atoms with Crippen LogP contribution in [0.15, 0.2) is 18.2 Å². The van der Waals surface area contributed by atoms with Gasteiger partial charge in [0, 0.05) is 17.6 Å². The van der Waals surface area contributed by atoms with Crippen molar-refractivity contribution in [1.82, 2.24) is 4.98 Å². The maximum Gasteiger partial charge on any atom is 0.0648 e. The number of hydrogen-bond donors (Lipinski definition) is 2. The van der Waals surface area contributed by atoms with Gasteiger partial charge in [0.25, 0.3) is 0 Å². The molecule has 1 aromatic carbocycles. The van der Waals surface area contributed by atoms with Crippen LogP contribution >= 0.6 is 11.6 Å². The van der Waals surface area contributed by atoms with Crippen molar-refractivity contribution >= 4 is 22.5 Å². The standard InChI is InChI=1S/C12H15ClN2/c1-7(2)11-8-4-3-5-9(13)12(8)15-10(11)6-14/h3-5,7,15H,6,14H2,1-2H3. The fourth-order valence-corrected chi connectivity index (χ4v) is 2.30. The quantitative estimate of drug-likeness (QED) is 0.804. The third-order valence-corrected chi connectivity index (χ3v) is 3.00. The van der Waals surface area contributed by atoms with Crippen molar-refractivity contribution in [3.05, 3.63) is 34.5 Å². The maximum atomic E-state index is 6.13. The van der Waals surface area contributed by atoms with E-state index in [-0.39, 0.29) is 0 Å². The van der Waals surface area contributed by atoms with Gasteiger partial charge < -0.3 is 10.7 Å². The molecule has 0 aliphatic heterocycles. The van der Waals surface area contributed by atoms with Gasteiger partial charge in [0.2, 0.25) is 0 Å². The molecule has 0 saturated heterocycles. The van der Waals surface area contributed by atoms with Crippen LogP contribution in [0.5, 0.6) is 0 Å². The molecule has 15 heavy (non-hydrogen) atoms. The van der Waals surface area contributed by atoms with E-state index in [0.717, 1.165) is 16.2 Å². The van der Waals surface area contributed by atoms with Gasteiger partial charge in [-0.3, -0.25) is 0 Å². The molecular weight excluding hydrogens is 208 g/mol. The molecule has 0 aliphatic carbocycles. The van der Waals surface area contributed by atoms with Crippen molar-refractivity contribution in [2.24, 2.45) is 5.73 Å². The number of hydrogen-bond acceptors (Lipinski definition) is 1. The summed E-state index contributed by atoms with van der Waals surface area (Å²) < 4.78 is 0. The first kappa shape index (κ1) is 10.5. The number of aromatic nitrogens is 1. The molecule has 0 fully saturated rings. The fraction of sp³-hybridized carbons (Fsp3) is 0.333. The Bertz CT molecular complexity index is 486. The first-order chi connectivity index (χ1) is 7.15. The van der Waals surface area contributed by atoms with Gasteiger partial charge in [-0.05, 0) is 17.5 Å². The predicted molar refractivity (Wildman–Crippen MR) is 65.3 cm³/mol. The molecule has 0 radical (unpaired) electrons. The second kappa shape index (κ2) is 3.87. The Hall–Kier alpha value is -0.990. The molecule has 0 atom stereocenters. The van der Waals surface area contributed by atoms with Crippen molar-refractivity contribution in [2.45, 2.75) is 26.3 Å². The highest BCUT2D eigenvalue weighted by Gasteiger charge is 2.14. The summed E-state index contributed by atoms with van der Waals surface area (Å²) in [4.78, 5) is 3.31. The number of para-hydroxylation sites is 1. The van der Waals surface area contributed by atoms with E-state index in [0.29, 0.717) is 12.5 Å². The molecule has 3 N–H and O–H groups in total. The van der Waals surface area contributed by atoms with E-state index in [2.05, 4.69) is 24.9 Å². The number of rotatable bonds is 2. The van der Waals surface area contributed by atoms with Gasteiger partial charge in [-0.2, -0.15) is 0 Å². The van der Waals surface area contributed by atoms with Crippen LogP contribution in [0.3, 0.4) is 0 Å². The van der Waals surface area contributed by atoms with Gasteiger partial charge in [-0.15, -0.1) is 0 Å². The van der Waals surface area contributed by atoms with Gasteiger partial charge in [-0.25, -0.2) is 0 Å². The minimum atomic E-state index is 0.454. The summed E-state index contributed by atoms with van der Waals surface area (Å²) >= 11 is 6.13. The second-order valence-corrected chi connectivity index (χ2v) is 4.45. The Labute approximate surface area is 94.4 Å². The summed E-state index contributed by atoms with van der Waals surface area (Å²) in [6.45, 7) is 4.86. The van der Waals surface area contributed by atoms with E-state index in [4.69, 9.17) is 17.3 Å². The normalized spacial score (nSPS) is 11.5. The number of aromatic amines is 1. The minimum Gasteiger partial charge on any atom is -0.356 e. The van der Waals surface area contributed by atoms with E-state index >= 15 is 0 Å². The molecule has 0 aliphatic rings. The smallest absolute Gasteiger partial charge is 0.0648 e. The highest BCUT2D eigenvalue weighted by Crippen LogP contribution is 2.32. The summed E-state index contributed by atoms with van der Waals surface area (Å²) in [7, 11) is 0. The van der Waals surface area contributed by atoms with Crippen LogP contribution in [0, 0.1) is 0 Å². The molecular formula is C12H15ClN2. The van der Waals surface area contributed by atoms with Crippen LogP contribution in [-0.2, 0) is 6.54 Å². The van der Waals surface area contributed by atoms with Gasteiger partial charge in [0.15, 0.2) is 0 Å². The molecule has 80 valence electrons. The van der Waals surface area contributed by atoms with Crippen molar-refractivity contribution < 1.29 is 0 Å². The van der Waals surface area contributed by atoms with Crippen LogP contribution in [-0.4, -0.2) is 4.98 Å². The van der Waals surface area contributed by atoms with Crippen LogP contribution in [0.25, 0.3) is 10.9 Å². The predicted octanol–water partition coefficient (Wildman–Crippen LogP) is 3.40. The van der Waals surface area contributed by atoms with Crippen molar-refractivity contribution in [1.29, 1.82) is 0 Å². The van der Waals surface area contributed by atoms with Gasteiger partial charge in [0.05, 0.1) is 10.5 Å². The zero-order valence-corrected chi connectivity index (χ0v) is 9.73. The molecule has 1 heterocycles. The SMILES string of the molecule is CC(C)c1c(CN)[nH]c2c(Cl)cccc12. The molecule has 1 aromatic heterocycles. The topological polar surface area (TPSA) is 41.8 Å². The van der Waals surface area contributed by atoms with Gasteiger partial charge in [-0.1, -0.05) is 37.6 Å². The molecule has 2 rings (SSSR count). The molecule has 0 bridgehead atoms. The monoisotopic (exact) mass is 222 g/mol. The summed E-state index contributed by atoms with van der Waals surface area (Å²) in [5.41, 5.74) is 9.11. The number of nitrogens with one attached hydrogen (secondary N) is 1. The lowest BCUT2D eigenvalue weighted by atomic mass is 9.99. The number of nitrogens with two attached hydrogens (primary N) is 1. The molecule has 0 spiro atoms. The zero-order chi connectivity index (χ0) is 11.0. The number of benzene rings is 1. The van der Waals surface area contributed by atoms with E-state index in [1.54, 1.807) is 0 Å². The molecule has 0 unspecified atom stereocenters. The van der Waals surface area contributed by atoms with Crippen LogP contribution < -0.4 is 5.73 Å².